The van der Waals surface area contributed by atoms with Crippen LogP contribution in [-0.4, -0.2) is 30.6 Å². The van der Waals surface area contributed by atoms with E-state index in [4.69, 9.17) is 14.2 Å². The van der Waals surface area contributed by atoms with Crippen LogP contribution in [0.5, 0.6) is 11.5 Å². The van der Waals surface area contributed by atoms with Gasteiger partial charge in [0.1, 0.15) is 0 Å². The Kier molecular flexibility index (Phi) is 6.16. The summed E-state index contributed by atoms with van der Waals surface area (Å²) in [5.41, 5.74) is 3.19. The Morgan fingerprint density at radius 3 is 2.52 bits per heavy atom. The van der Waals surface area contributed by atoms with Crippen molar-refractivity contribution in [3.8, 4) is 11.5 Å². The van der Waals surface area contributed by atoms with Gasteiger partial charge in [-0.1, -0.05) is 12.1 Å². The number of carbonyl (C=O) groups excluding carboxylic acids is 3. The Morgan fingerprint density at radius 2 is 1.76 bits per heavy atom. The molecular formula is C22H23NO6. The minimum absolute atomic E-state index is 0.0256. The van der Waals surface area contributed by atoms with Gasteiger partial charge in [0, 0.05) is 23.7 Å². The molecule has 2 aromatic carbocycles. The van der Waals surface area contributed by atoms with Gasteiger partial charge in [-0.05, 0) is 50.1 Å². The van der Waals surface area contributed by atoms with Gasteiger partial charge < -0.3 is 19.5 Å². The van der Waals surface area contributed by atoms with E-state index < -0.39 is 18.0 Å². The van der Waals surface area contributed by atoms with Crippen LogP contribution in [0, 0.1) is 13.8 Å². The molecule has 7 nitrogen and oxygen atoms in total. The lowest BCUT2D eigenvalue weighted by Crippen LogP contribution is -2.30. The Labute approximate surface area is 169 Å². The Bertz CT molecular complexity index is 952. The molecule has 1 amide bonds. The van der Waals surface area contributed by atoms with Crippen LogP contribution in [0.1, 0.15) is 41.3 Å². The Balaban J connectivity index is 1.47. The largest absolute Gasteiger partial charge is 0.454 e. The highest BCUT2D eigenvalue weighted by molar-refractivity contribution is 5.98. The van der Waals surface area contributed by atoms with Gasteiger partial charge in [0.25, 0.3) is 5.91 Å². The molecule has 0 unspecified atom stereocenters. The molecule has 29 heavy (non-hydrogen) atoms. The van der Waals surface area contributed by atoms with Crippen molar-refractivity contribution in [1.29, 1.82) is 0 Å². The molecule has 1 atom stereocenters. The van der Waals surface area contributed by atoms with Crippen molar-refractivity contribution in [1.82, 2.24) is 0 Å². The maximum absolute atomic E-state index is 12.3. The lowest BCUT2D eigenvalue weighted by molar-refractivity contribution is -0.153. The summed E-state index contributed by atoms with van der Waals surface area (Å²) in [6, 6.07) is 10.4. The van der Waals surface area contributed by atoms with E-state index in [1.54, 1.807) is 24.3 Å². The molecule has 7 heteroatoms. The number of hydrogen-bond donors (Lipinski definition) is 1. The molecule has 3 rings (SSSR count). The summed E-state index contributed by atoms with van der Waals surface area (Å²) in [7, 11) is 0. The number of fused-ring (bicyclic) bond motifs is 1. The zero-order valence-corrected chi connectivity index (χ0v) is 16.6. The molecule has 0 aromatic heterocycles. The highest BCUT2D eigenvalue weighted by Gasteiger charge is 2.20. The molecule has 0 saturated carbocycles. The lowest BCUT2D eigenvalue weighted by Gasteiger charge is -2.14. The number of amides is 1. The van der Waals surface area contributed by atoms with Gasteiger partial charge >= 0.3 is 5.97 Å². The Morgan fingerprint density at radius 1 is 1.00 bits per heavy atom. The second-order valence-electron chi connectivity index (χ2n) is 6.91. The molecule has 0 fully saturated rings. The first-order valence-corrected chi connectivity index (χ1v) is 9.34. The molecule has 2 aromatic rings. The first kappa shape index (κ1) is 20.4. The van der Waals surface area contributed by atoms with E-state index in [0.717, 1.165) is 11.1 Å². The normalized spacial score (nSPS) is 12.9. The van der Waals surface area contributed by atoms with Gasteiger partial charge in [0.2, 0.25) is 6.79 Å². The number of benzene rings is 2. The number of hydrogen-bond acceptors (Lipinski definition) is 6. The van der Waals surface area contributed by atoms with E-state index in [2.05, 4.69) is 5.32 Å². The summed E-state index contributed by atoms with van der Waals surface area (Å²) in [5, 5.41) is 2.66. The molecule has 1 heterocycles. The number of rotatable bonds is 7. The van der Waals surface area contributed by atoms with Gasteiger partial charge in [-0.15, -0.1) is 0 Å². The summed E-state index contributed by atoms with van der Waals surface area (Å²) >= 11 is 0. The third kappa shape index (κ3) is 5.13. The van der Waals surface area contributed by atoms with E-state index in [0.29, 0.717) is 22.7 Å². The number of ether oxygens (including phenoxy) is 3. The zero-order chi connectivity index (χ0) is 21.0. The summed E-state index contributed by atoms with van der Waals surface area (Å²) in [4.78, 5) is 36.5. The van der Waals surface area contributed by atoms with Crippen LogP contribution in [0.2, 0.25) is 0 Å². The van der Waals surface area contributed by atoms with Crippen molar-refractivity contribution in [2.24, 2.45) is 0 Å². The number of esters is 1. The molecular weight excluding hydrogens is 374 g/mol. The average Bonchev–Trinajstić information content (AvgIpc) is 3.16. The second kappa shape index (κ2) is 8.77. The summed E-state index contributed by atoms with van der Waals surface area (Å²) < 4.78 is 15.6. The van der Waals surface area contributed by atoms with Crippen LogP contribution in [0.4, 0.5) is 5.69 Å². The quantitative estimate of drug-likeness (QED) is 0.567. The Hall–Kier alpha value is -3.35. The molecule has 0 spiro atoms. The molecule has 0 radical (unpaired) electrons. The predicted octanol–water partition coefficient (Wildman–Crippen LogP) is 3.57. The van der Waals surface area contributed by atoms with E-state index in [9.17, 15) is 14.4 Å². The standard InChI is InChI=1S/C22H23NO6/c1-13-4-5-16(10-14(13)2)18(24)7-9-21(25)29-15(3)22(26)23-17-6-8-19-20(11-17)28-12-27-19/h4-6,8,10-11,15H,7,9,12H2,1-3H3,(H,23,26)/t15-/m1/s1. The number of anilines is 1. The maximum atomic E-state index is 12.3. The molecule has 0 saturated heterocycles. The number of carbonyl (C=O) groups is 3. The van der Waals surface area contributed by atoms with Crippen molar-refractivity contribution in [3.05, 3.63) is 53.1 Å². The average molecular weight is 397 g/mol. The van der Waals surface area contributed by atoms with Crippen molar-refractivity contribution < 1.29 is 28.6 Å². The number of Topliss-reactive ketones (excluding diaryl/α,β-unsaturated/α-hetero) is 1. The third-order valence-electron chi connectivity index (χ3n) is 4.70. The van der Waals surface area contributed by atoms with Crippen molar-refractivity contribution in [3.63, 3.8) is 0 Å². The fraction of sp³-hybridized carbons (Fsp3) is 0.318. The van der Waals surface area contributed by atoms with Crippen LogP contribution >= 0.6 is 0 Å². The zero-order valence-electron chi connectivity index (χ0n) is 16.6. The van der Waals surface area contributed by atoms with Crippen molar-refractivity contribution in [2.75, 3.05) is 12.1 Å². The molecule has 0 bridgehead atoms. The molecule has 1 aliphatic rings. The van der Waals surface area contributed by atoms with E-state index in [1.807, 2.05) is 26.0 Å². The van der Waals surface area contributed by atoms with Gasteiger partial charge in [0.05, 0.1) is 6.42 Å². The van der Waals surface area contributed by atoms with Crippen LogP contribution in [0.15, 0.2) is 36.4 Å². The summed E-state index contributed by atoms with van der Waals surface area (Å²) in [5.74, 6) is -0.0658. The molecule has 0 aliphatic carbocycles. The number of nitrogens with one attached hydrogen (secondary N) is 1. The lowest BCUT2D eigenvalue weighted by atomic mass is 10.0. The van der Waals surface area contributed by atoms with Gasteiger partial charge in [0.15, 0.2) is 23.4 Å². The number of aryl methyl sites for hydroxylation is 2. The number of ketones is 1. The van der Waals surface area contributed by atoms with Crippen LogP contribution in [0.25, 0.3) is 0 Å². The minimum Gasteiger partial charge on any atom is -0.454 e. The molecule has 1 aliphatic heterocycles. The van der Waals surface area contributed by atoms with E-state index in [-0.39, 0.29) is 25.4 Å². The summed E-state index contributed by atoms with van der Waals surface area (Å²) in [6.07, 6.45) is -1.06. The van der Waals surface area contributed by atoms with Crippen LogP contribution in [-0.2, 0) is 14.3 Å². The monoisotopic (exact) mass is 397 g/mol. The molecule has 152 valence electrons. The summed E-state index contributed by atoms with van der Waals surface area (Å²) in [6.45, 7) is 5.52. The fourth-order valence-corrected chi connectivity index (χ4v) is 2.80. The SMILES string of the molecule is Cc1ccc(C(=O)CCC(=O)O[C@H](C)C(=O)Nc2ccc3c(c2)OCO3)cc1C. The smallest absolute Gasteiger partial charge is 0.307 e. The van der Waals surface area contributed by atoms with Crippen LogP contribution in [0.3, 0.4) is 0 Å². The highest BCUT2D eigenvalue weighted by Crippen LogP contribution is 2.34. The van der Waals surface area contributed by atoms with Gasteiger partial charge in [-0.25, -0.2) is 0 Å². The molecule has 1 N–H and O–H groups in total. The fourth-order valence-electron chi connectivity index (χ4n) is 2.80. The topological polar surface area (TPSA) is 90.9 Å². The van der Waals surface area contributed by atoms with Gasteiger partial charge in [-0.2, -0.15) is 0 Å². The predicted molar refractivity (Wildman–Crippen MR) is 106 cm³/mol. The third-order valence-corrected chi connectivity index (χ3v) is 4.70. The maximum Gasteiger partial charge on any atom is 0.307 e. The van der Waals surface area contributed by atoms with Crippen LogP contribution < -0.4 is 14.8 Å². The highest BCUT2D eigenvalue weighted by atomic mass is 16.7. The first-order valence-electron chi connectivity index (χ1n) is 9.34. The van der Waals surface area contributed by atoms with Crippen molar-refractivity contribution >= 4 is 23.3 Å². The van der Waals surface area contributed by atoms with Gasteiger partial charge in [-0.3, -0.25) is 14.4 Å². The second-order valence-corrected chi connectivity index (χ2v) is 6.91. The van der Waals surface area contributed by atoms with E-state index in [1.165, 1.54) is 6.92 Å². The van der Waals surface area contributed by atoms with Crippen molar-refractivity contribution in [2.45, 2.75) is 39.7 Å². The first-order chi connectivity index (χ1) is 13.8. The minimum atomic E-state index is -0.996. The van der Waals surface area contributed by atoms with E-state index >= 15 is 0 Å².